The molecule has 1 saturated heterocycles. The maximum Gasteiger partial charge on any atom is 0.257 e. The highest BCUT2D eigenvalue weighted by Gasteiger charge is 2.20. The Morgan fingerprint density at radius 2 is 2.16 bits per heavy atom. The van der Waals surface area contributed by atoms with Crippen LogP contribution in [-0.2, 0) is 13.1 Å². The van der Waals surface area contributed by atoms with E-state index in [0.717, 1.165) is 43.4 Å². The van der Waals surface area contributed by atoms with Crippen LogP contribution in [0.25, 0.3) is 0 Å². The Bertz CT molecular complexity index is 557. The summed E-state index contributed by atoms with van der Waals surface area (Å²) < 4.78 is 1.71. The van der Waals surface area contributed by atoms with Crippen LogP contribution in [0.1, 0.15) is 12.5 Å². The molecule has 0 radical (unpaired) electrons. The zero-order chi connectivity index (χ0) is 13.2. The zero-order valence-corrected chi connectivity index (χ0v) is 11.1. The number of anilines is 1. The molecule has 1 aromatic rings. The van der Waals surface area contributed by atoms with Crippen molar-refractivity contribution in [3.05, 3.63) is 28.2 Å². The Hall–Kier alpha value is -1.82. The minimum Gasteiger partial charge on any atom is -0.340 e. The lowest BCUT2D eigenvalue weighted by Gasteiger charge is -2.32. The van der Waals surface area contributed by atoms with Gasteiger partial charge in [-0.1, -0.05) is 0 Å². The summed E-state index contributed by atoms with van der Waals surface area (Å²) in [6.07, 6.45) is 1.84. The molecule has 2 aliphatic rings. The summed E-state index contributed by atoms with van der Waals surface area (Å²) in [5.74, 6) is 0.891. The number of pyridine rings is 1. The molecule has 19 heavy (non-hydrogen) atoms. The predicted octanol–water partition coefficient (Wildman–Crippen LogP) is 0.0549. The van der Waals surface area contributed by atoms with Crippen LogP contribution >= 0.6 is 0 Å². The van der Waals surface area contributed by atoms with Crippen molar-refractivity contribution in [1.29, 1.82) is 0 Å². The van der Waals surface area contributed by atoms with Crippen LogP contribution in [0.4, 0.5) is 5.69 Å². The highest BCUT2D eigenvalue weighted by molar-refractivity contribution is 5.95. The molecular weight excluding hydrogens is 242 g/mol. The molecule has 102 valence electrons. The van der Waals surface area contributed by atoms with Crippen LogP contribution < -0.4 is 16.2 Å². The van der Waals surface area contributed by atoms with E-state index < -0.39 is 0 Å². The zero-order valence-electron chi connectivity index (χ0n) is 11.1. The molecule has 0 spiro atoms. The third kappa shape index (κ3) is 2.23. The number of fused-ring (bicyclic) bond motifs is 1. The van der Waals surface area contributed by atoms with Crippen molar-refractivity contribution in [2.75, 3.05) is 31.5 Å². The van der Waals surface area contributed by atoms with Crippen LogP contribution in [0.3, 0.4) is 0 Å². The highest BCUT2D eigenvalue weighted by atomic mass is 16.1. The summed E-state index contributed by atoms with van der Waals surface area (Å²) in [7, 11) is 0. The van der Waals surface area contributed by atoms with Gasteiger partial charge in [-0.05, 0) is 13.0 Å². The molecule has 6 nitrogen and oxygen atoms in total. The van der Waals surface area contributed by atoms with E-state index in [9.17, 15) is 4.79 Å². The van der Waals surface area contributed by atoms with Crippen molar-refractivity contribution in [1.82, 2.24) is 14.8 Å². The van der Waals surface area contributed by atoms with Crippen LogP contribution in [-0.4, -0.2) is 41.6 Å². The second-order valence-electron chi connectivity index (χ2n) is 4.80. The van der Waals surface area contributed by atoms with Crippen molar-refractivity contribution in [2.24, 2.45) is 4.99 Å². The van der Waals surface area contributed by atoms with Crippen LogP contribution in [0.2, 0.25) is 0 Å². The molecule has 6 heteroatoms. The van der Waals surface area contributed by atoms with Gasteiger partial charge in [-0.2, -0.15) is 0 Å². The first-order valence-electron chi connectivity index (χ1n) is 6.79. The standard InChI is InChI=1S/C13H19N5O/c1-2-17-6-3-11-10(12(17)19)9-15-13(16-11)18-7-4-14-5-8-18/h3,6,14H,2,4-5,7-9H2,1H3,(H,15,16). The number of piperazine rings is 1. The summed E-state index contributed by atoms with van der Waals surface area (Å²) in [5, 5.41) is 6.61. The summed E-state index contributed by atoms with van der Waals surface area (Å²) in [6.45, 7) is 7.00. The van der Waals surface area contributed by atoms with E-state index >= 15 is 0 Å². The Labute approximate surface area is 112 Å². The molecule has 0 saturated carbocycles. The molecule has 1 aromatic heterocycles. The molecule has 3 heterocycles. The Balaban J connectivity index is 1.85. The topological polar surface area (TPSA) is 61.7 Å². The third-order valence-corrected chi connectivity index (χ3v) is 3.66. The number of aromatic nitrogens is 1. The van der Waals surface area contributed by atoms with E-state index in [1.165, 1.54) is 0 Å². The largest absolute Gasteiger partial charge is 0.340 e. The van der Waals surface area contributed by atoms with Crippen molar-refractivity contribution in [3.63, 3.8) is 0 Å². The third-order valence-electron chi connectivity index (χ3n) is 3.66. The SMILES string of the molecule is CCn1ccc2c(c1=O)CN=C(N1CCNCC1)N2. The number of aliphatic imine (C=N–C) groups is 1. The summed E-state index contributed by atoms with van der Waals surface area (Å²) in [6, 6.07) is 1.97. The average molecular weight is 261 g/mol. The summed E-state index contributed by atoms with van der Waals surface area (Å²) >= 11 is 0. The van der Waals surface area contributed by atoms with E-state index in [1.807, 2.05) is 19.2 Å². The first-order chi connectivity index (χ1) is 9.29. The van der Waals surface area contributed by atoms with Crippen molar-refractivity contribution < 1.29 is 0 Å². The van der Waals surface area contributed by atoms with Gasteiger partial charge >= 0.3 is 0 Å². The fourth-order valence-corrected chi connectivity index (χ4v) is 2.51. The smallest absolute Gasteiger partial charge is 0.257 e. The Kier molecular flexibility index (Phi) is 3.25. The number of hydrogen-bond acceptors (Lipinski definition) is 5. The van der Waals surface area contributed by atoms with Crippen LogP contribution in [0, 0.1) is 0 Å². The second kappa shape index (κ2) is 5.05. The minimum atomic E-state index is 0.0654. The molecule has 0 atom stereocenters. The van der Waals surface area contributed by atoms with Gasteiger partial charge in [-0.15, -0.1) is 0 Å². The molecule has 0 aliphatic carbocycles. The van der Waals surface area contributed by atoms with E-state index in [1.54, 1.807) is 4.57 Å². The van der Waals surface area contributed by atoms with Gasteiger partial charge in [-0.3, -0.25) is 4.79 Å². The fraction of sp³-hybridized carbons (Fsp3) is 0.538. The van der Waals surface area contributed by atoms with E-state index in [0.29, 0.717) is 13.1 Å². The molecule has 0 bridgehead atoms. The lowest BCUT2D eigenvalue weighted by atomic mass is 10.2. The molecular formula is C13H19N5O. The second-order valence-corrected chi connectivity index (χ2v) is 4.80. The highest BCUT2D eigenvalue weighted by Crippen LogP contribution is 2.17. The van der Waals surface area contributed by atoms with Gasteiger partial charge < -0.3 is 20.1 Å². The van der Waals surface area contributed by atoms with Gasteiger partial charge in [0.2, 0.25) is 0 Å². The number of guanidine groups is 1. The van der Waals surface area contributed by atoms with Gasteiger partial charge in [0.25, 0.3) is 5.56 Å². The molecule has 0 aromatic carbocycles. The molecule has 2 N–H and O–H groups in total. The summed E-state index contributed by atoms with van der Waals surface area (Å²) in [5.41, 5.74) is 1.73. The van der Waals surface area contributed by atoms with Crippen LogP contribution in [0.5, 0.6) is 0 Å². The number of aryl methyl sites for hydroxylation is 1. The number of hydrogen-bond donors (Lipinski definition) is 2. The normalized spacial score (nSPS) is 18.6. The monoisotopic (exact) mass is 261 g/mol. The van der Waals surface area contributed by atoms with Gasteiger partial charge in [0.15, 0.2) is 5.96 Å². The molecule has 0 amide bonds. The van der Waals surface area contributed by atoms with Gasteiger partial charge in [0.1, 0.15) is 0 Å². The number of nitrogens with zero attached hydrogens (tertiary/aromatic N) is 3. The maximum absolute atomic E-state index is 12.2. The van der Waals surface area contributed by atoms with Crippen LogP contribution in [0.15, 0.2) is 22.1 Å². The minimum absolute atomic E-state index is 0.0654. The first-order valence-corrected chi connectivity index (χ1v) is 6.79. The van der Waals surface area contributed by atoms with Crippen molar-refractivity contribution >= 4 is 11.6 Å². The molecule has 3 rings (SSSR count). The van der Waals surface area contributed by atoms with Gasteiger partial charge in [0.05, 0.1) is 17.8 Å². The lowest BCUT2D eigenvalue weighted by Crippen LogP contribution is -2.49. The molecule has 2 aliphatic heterocycles. The molecule has 1 fully saturated rings. The maximum atomic E-state index is 12.2. The average Bonchev–Trinajstić information content (AvgIpc) is 2.48. The Morgan fingerprint density at radius 3 is 2.89 bits per heavy atom. The number of nitrogens with one attached hydrogen (secondary N) is 2. The number of rotatable bonds is 1. The van der Waals surface area contributed by atoms with E-state index in [2.05, 4.69) is 20.5 Å². The van der Waals surface area contributed by atoms with E-state index in [-0.39, 0.29) is 5.56 Å². The first kappa shape index (κ1) is 12.2. The Morgan fingerprint density at radius 1 is 1.37 bits per heavy atom. The lowest BCUT2D eigenvalue weighted by molar-refractivity contribution is 0.355. The fourth-order valence-electron chi connectivity index (χ4n) is 2.51. The van der Waals surface area contributed by atoms with E-state index in [4.69, 9.17) is 0 Å². The molecule has 0 unspecified atom stereocenters. The van der Waals surface area contributed by atoms with Crippen molar-refractivity contribution in [2.45, 2.75) is 20.0 Å². The van der Waals surface area contributed by atoms with Gasteiger partial charge in [0, 0.05) is 38.9 Å². The summed E-state index contributed by atoms with van der Waals surface area (Å²) in [4.78, 5) is 18.9. The van der Waals surface area contributed by atoms with Gasteiger partial charge in [-0.25, -0.2) is 4.99 Å². The predicted molar refractivity (Wildman–Crippen MR) is 75.6 cm³/mol. The van der Waals surface area contributed by atoms with Crippen molar-refractivity contribution in [3.8, 4) is 0 Å². The quantitative estimate of drug-likeness (QED) is 0.750.